The van der Waals surface area contributed by atoms with Gasteiger partial charge in [-0.2, -0.15) is 0 Å². The molecule has 0 unspecified atom stereocenters. The largest absolute Gasteiger partial charge is 0.256 e. The van der Waals surface area contributed by atoms with Gasteiger partial charge in [-0.3, -0.25) is 4.98 Å². The molecule has 158 valence electrons. The predicted molar refractivity (Wildman–Crippen MR) is 145 cm³/mol. The highest BCUT2D eigenvalue weighted by Gasteiger charge is 2.15. The molecule has 0 fully saturated rings. The highest BCUT2D eigenvalue weighted by atomic mass is 14.7. The fourth-order valence-corrected chi connectivity index (χ4v) is 5.37. The molecule has 1 aromatic heterocycles. The third-order valence-corrected chi connectivity index (χ3v) is 6.89. The van der Waals surface area contributed by atoms with Crippen LogP contribution in [0.1, 0.15) is 0 Å². The summed E-state index contributed by atoms with van der Waals surface area (Å²) in [6.07, 6.45) is 1.93. The van der Waals surface area contributed by atoms with Crippen molar-refractivity contribution in [3.8, 4) is 22.4 Å². The van der Waals surface area contributed by atoms with Crippen molar-refractivity contribution >= 4 is 43.1 Å². The lowest BCUT2D eigenvalue weighted by Gasteiger charge is -2.16. The molecule has 0 spiro atoms. The van der Waals surface area contributed by atoms with E-state index in [2.05, 4.69) is 121 Å². The molecule has 0 amide bonds. The first-order valence-corrected chi connectivity index (χ1v) is 11.7. The average molecular weight is 432 g/mol. The van der Waals surface area contributed by atoms with Crippen molar-refractivity contribution in [2.45, 2.75) is 0 Å². The summed E-state index contributed by atoms with van der Waals surface area (Å²) in [7, 11) is 0. The summed E-state index contributed by atoms with van der Waals surface area (Å²) < 4.78 is 0. The maximum atomic E-state index is 4.83. The molecule has 6 aromatic carbocycles. The average Bonchev–Trinajstić information content (AvgIpc) is 2.93. The molecule has 1 heteroatoms. The molecule has 1 heterocycles. The lowest BCUT2D eigenvalue weighted by Crippen LogP contribution is -1.90. The zero-order chi connectivity index (χ0) is 22.5. The Morgan fingerprint density at radius 2 is 0.912 bits per heavy atom. The van der Waals surface area contributed by atoms with Gasteiger partial charge in [0.05, 0.1) is 5.69 Å². The molecule has 0 atom stereocenters. The van der Waals surface area contributed by atoms with Gasteiger partial charge in [-0.25, -0.2) is 0 Å². The van der Waals surface area contributed by atoms with Crippen molar-refractivity contribution in [1.82, 2.24) is 4.98 Å². The van der Waals surface area contributed by atoms with Gasteiger partial charge < -0.3 is 0 Å². The minimum Gasteiger partial charge on any atom is -0.256 e. The summed E-state index contributed by atoms with van der Waals surface area (Å²) >= 11 is 0. The number of rotatable bonds is 2. The Morgan fingerprint density at radius 3 is 1.62 bits per heavy atom. The first-order valence-electron chi connectivity index (χ1n) is 11.7. The summed E-state index contributed by atoms with van der Waals surface area (Å²) in [5.74, 6) is 0. The SMILES string of the molecule is c1ccc(-c2ccnc(-c3cc4c5ccccc5c5ccccc5c4c4ccccc34)c2)cc1. The normalized spacial score (nSPS) is 11.5. The van der Waals surface area contributed by atoms with Crippen molar-refractivity contribution in [3.05, 3.63) is 128 Å². The molecule has 0 N–H and O–H groups in total. The number of fused-ring (bicyclic) bond motifs is 8. The number of nitrogens with zero attached hydrogens (tertiary/aromatic N) is 1. The first kappa shape index (κ1) is 19.0. The van der Waals surface area contributed by atoms with Gasteiger partial charge in [0.15, 0.2) is 0 Å². The summed E-state index contributed by atoms with van der Waals surface area (Å²) in [5.41, 5.74) is 4.55. The maximum Gasteiger partial charge on any atom is 0.0714 e. The molecule has 0 aliphatic heterocycles. The Morgan fingerprint density at radius 1 is 0.382 bits per heavy atom. The van der Waals surface area contributed by atoms with E-state index in [0.29, 0.717) is 0 Å². The highest BCUT2D eigenvalue weighted by molar-refractivity contribution is 6.32. The van der Waals surface area contributed by atoms with Crippen LogP contribution >= 0.6 is 0 Å². The van der Waals surface area contributed by atoms with Crippen LogP contribution < -0.4 is 0 Å². The van der Waals surface area contributed by atoms with Gasteiger partial charge in [0.2, 0.25) is 0 Å². The van der Waals surface area contributed by atoms with Crippen LogP contribution in [0.2, 0.25) is 0 Å². The molecular formula is C33H21N. The molecule has 7 aromatic rings. The summed E-state index contributed by atoms with van der Waals surface area (Å²) in [5, 5.41) is 10.2. The molecule has 7 rings (SSSR count). The summed E-state index contributed by atoms with van der Waals surface area (Å²) in [6.45, 7) is 0. The lowest BCUT2D eigenvalue weighted by molar-refractivity contribution is 1.33. The van der Waals surface area contributed by atoms with Crippen molar-refractivity contribution in [3.63, 3.8) is 0 Å². The van der Waals surface area contributed by atoms with Crippen LogP contribution in [0.5, 0.6) is 0 Å². The molecule has 0 aliphatic carbocycles. The van der Waals surface area contributed by atoms with Crippen molar-refractivity contribution in [2.75, 3.05) is 0 Å². The molecule has 0 bridgehead atoms. The first-order chi connectivity index (χ1) is 16.9. The van der Waals surface area contributed by atoms with Gasteiger partial charge in [-0.05, 0) is 72.4 Å². The zero-order valence-corrected chi connectivity index (χ0v) is 18.6. The van der Waals surface area contributed by atoms with Gasteiger partial charge in [0.1, 0.15) is 0 Å². The van der Waals surface area contributed by atoms with Gasteiger partial charge >= 0.3 is 0 Å². The van der Waals surface area contributed by atoms with Crippen molar-refractivity contribution < 1.29 is 0 Å². The minimum absolute atomic E-state index is 0.997. The number of hydrogen-bond acceptors (Lipinski definition) is 1. The van der Waals surface area contributed by atoms with Gasteiger partial charge in [-0.15, -0.1) is 0 Å². The van der Waals surface area contributed by atoms with E-state index < -0.39 is 0 Å². The second-order valence-electron chi connectivity index (χ2n) is 8.78. The van der Waals surface area contributed by atoms with Gasteiger partial charge in [-0.1, -0.05) is 103 Å². The molecule has 1 nitrogen and oxygen atoms in total. The van der Waals surface area contributed by atoms with Crippen LogP contribution in [0.4, 0.5) is 0 Å². The van der Waals surface area contributed by atoms with E-state index in [1.165, 1.54) is 59.8 Å². The fourth-order valence-electron chi connectivity index (χ4n) is 5.37. The number of aromatic nitrogens is 1. The van der Waals surface area contributed by atoms with Crippen molar-refractivity contribution in [2.24, 2.45) is 0 Å². The van der Waals surface area contributed by atoms with E-state index >= 15 is 0 Å². The van der Waals surface area contributed by atoms with Crippen LogP contribution in [0.15, 0.2) is 128 Å². The van der Waals surface area contributed by atoms with Gasteiger partial charge in [0.25, 0.3) is 0 Å². The smallest absolute Gasteiger partial charge is 0.0714 e. The second-order valence-corrected chi connectivity index (χ2v) is 8.78. The molecule has 34 heavy (non-hydrogen) atoms. The Balaban J connectivity index is 1.64. The fraction of sp³-hybridized carbons (Fsp3) is 0. The van der Waals surface area contributed by atoms with Crippen LogP contribution in [0.3, 0.4) is 0 Å². The molecule has 0 saturated heterocycles. The number of benzene rings is 6. The number of pyridine rings is 1. The summed E-state index contributed by atoms with van der Waals surface area (Å²) in [6, 6.07) is 43.4. The highest BCUT2D eigenvalue weighted by Crippen LogP contribution is 2.42. The molecule has 0 aliphatic rings. The topological polar surface area (TPSA) is 12.9 Å². The quantitative estimate of drug-likeness (QED) is 0.249. The van der Waals surface area contributed by atoms with Crippen LogP contribution in [-0.4, -0.2) is 4.98 Å². The standard InChI is InChI=1S/C33H21N/c1-2-10-22(11-3-1)23-18-19-34-32(20-23)30-21-31-26-14-5-4-12-24(26)25-13-6-8-16-28(25)33(31)29-17-9-7-15-27(29)30/h1-21H. The van der Waals surface area contributed by atoms with Gasteiger partial charge in [0, 0.05) is 11.8 Å². The van der Waals surface area contributed by atoms with E-state index in [1.54, 1.807) is 0 Å². The Bertz CT molecular complexity index is 1850. The van der Waals surface area contributed by atoms with E-state index in [0.717, 1.165) is 5.69 Å². The maximum absolute atomic E-state index is 4.83. The predicted octanol–water partition coefficient (Wildman–Crippen LogP) is 9.03. The lowest BCUT2D eigenvalue weighted by atomic mass is 9.88. The van der Waals surface area contributed by atoms with Crippen LogP contribution in [0.25, 0.3) is 65.5 Å². The van der Waals surface area contributed by atoms with Crippen molar-refractivity contribution in [1.29, 1.82) is 0 Å². The summed E-state index contributed by atoms with van der Waals surface area (Å²) in [4.78, 5) is 4.83. The van der Waals surface area contributed by atoms with E-state index in [-0.39, 0.29) is 0 Å². The Labute approximate surface area is 197 Å². The van der Waals surface area contributed by atoms with E-state index in [1.807, 2.05) is 6.20 Å². The second kappa shape index (κ2) is 7.54. The molecule has 0 radical (unpaired) electrons. The third kappa shape index (κ3) is 2.84. The number of hydrogen-bond donors (Lipinski definition) is 0. The Kier molecular flexibility index (Phi) is 4.22. The monoisotopic (exact) mass is 431 g/mol. The van der Waals surface area contributed by atoms with E-state index in [4.69, 9.17) is 4.98 Å². The third-order valence-electron chi connectivity index (χ3n) is 6.89. The van der Waals surface area contributed by atoms with E-state index in [9.17, 15) is 0 Å². The molecule has 0 saturated carbocycles. The van der Waals surface area contributed by atoms with Crippen LogP contribution in [0, 0.1) is 0 Å². The van der Waals surface area contributed by atoms with Crippen LogP contribution in [-0.2, 0) is 0 Å². The zero-order valence-electron chi connectivity index (χ0n) is 18.6. The molecular weight excluding hydrogens is 410 g/mol. The Hall–Kier alpha value is -4.49. The minimum atomic E-state index is 0.997.